The fourth-order valence-corrected chi connectivity index (χ4v) is 6.39. The molecule has 0 amide bonds. The fourth-order valence-electron chi connectivity index (χ4n) is 6.39. The van der Waals surface area contributed by atoms with Crippen molar-refractivity contribution in [3.05, 3.63) is 48.3 Å². The molecule has 0 aromatic carbocycles. The Hall–Kier alpha value is -2.71. The Balaban J connectivity index is 0.000000297. The second kappa shape index (κ2) is 11.1. The molecule has 4 aliphatic carbocycles. The van der Waals surface area contributed by atoms with Gasteiger partial charge in [0.15, 0.2) is 0 Å². The predicted octanol–water partition coefficient (Wildman–Crippen LogP) is 3.90. The Morgan fingerprint density at radius 1 is 1.06 bits per heavy atom. The van der Waals surface area contributed by atoms with E-state index in [1.54, 1.807) is 0 Å². The Morgan fingerprint density at radius 3 is 2.29 bits per heavy atom. The van der Waals surface area contributed by atoms with Crippen molar-refractivity contribution < 1.29 is 24.5 Å². The molecule has 0 saturated heterocycles. The molecule has 4 saturated carbocycles. The van der Waals surface area contributed by atoms with Gasteiger partial charge in [-0.15, -0.1) is 0 Å². The van der Waals surface area contributed by atoms with E-state index < -0.39 is 11.9 Å². The maximum Gasteiger partial charge on any atom is 0.328 e. The summed E-state index contributed by atoms with van der Waals surface area (Å²) in [5.74, 6) is 0.576. The van der Waals surface area contributed by atoms with Gasteiger partial charge in [0.2, 0.25) is 0 Å². The maximum atomic E-state index is 9.55. The van der Waals surface area contributed by atoms with Crippen molar-refractivity contribution in [2.24, 2.45) is 17.8 Å². The smallest absolute Gasteiger partial charge is 0.328 e. The average molecular weight is 470 g/mol. The summed E-state index contributed by atoms with van der Waals surface area (Å²) in [6, 6.07) is 8.22. The third-order valence-electron chi connectivity index (χ3n) is 7.29. The minimum Gasteiger partial charge on any atom is -0.478 e. The Kier molecular flexibility index (Phi) is 8.00. The Morgan fingerprint density at radius 2 is 1.71 bits per heavy atom. The first-order valence-electron chi connectivity index (χ1n) is 12.3. The van der Waals surface area contributed by atoms with E-state index in [2.05, 4.69) is 22.5 Å². The zero-order valence-electron chi connectivity index (χ0n) is 19.6. The van der Waals surface area contributed by atoms with Crippen molar-refractivity contribution >= 4 is 17.5 Å². The van der Waals surface area contributed by atoms with Crippen molar-refractivity contribution in [2.75, 3.05) is 13.2 Å². The second-order valence-corrected chi connectivity index (χ2v) is 10.1. The van der Waals surface area contributed by atoms with Gasteiger partial charge < -0.3 is 20.3 Å². The van der Waals surface area contributed by atoms with Gasteiger partial charge >= 0.3 is 11.9 Å². The lowest BCUT2D eigenvalue weighted by atomic mass is 9.53. The number of nitrogens with zero attached hydrogens (tertiary/aromatic N) is 2. The Labute approximate surface area is 200 Å². The SMILES string of the molecule is O=C(O)/C=C\C(=O)O.c1ccn2nc(COCCCCNC34CC5CC(CC(C5)C3)C4)cc2c1. The molecule has 0 unspecified atom stereocenters. The van der Waals surface area contributed by atoms with Crippen LogP contribution in [0.3, 0.4) is 0 Å². The number of nitrogens with one attached hydrogen (secondary N) is 1. The summed E-state index contributed by atoms with van der Waals surface area (Å²) in [4.78, 5) is 19.1. The summed E-state index contributed by atoms with van der Waals surface area (Å²) in [7, 11) is 0. The minimum atomic E-state index is -1.26. The molecule has 2 heterocycles. The minimum absolute atomic E-state index is 0.506. The molecule has 4 fully saturated rings. The number of pyridine rings is 1. The van der Waals surface area contributed by atoms with Crippen LogP contribution in [0, 0.1) is 17.8 Å². The number of carbonyl (C=O) groups is 2. The number of carboxylic acid groups (broad SMARTS) is 2. The molecule has 8 heteroatoms. The third kappa shape index (κ3) is 6.67. The standard InChI is InChI=1S/C22H31N3O.C4H4O4/c1-3-7-25-21(5-1)12-20(24-25)16-26-8-4-2-6-23-22-13-17-9-18(14-22)11-19(10-17)15-22;5-3(6)1-2-4(7)8/h1,3,5,7,12,17-19,23H,2,4,6,8-11,13-16H2;1-2H,(H,5,6)(H,7,8)/b;2-1-. The lowest BCUT2D eigenvalue weighted by Crippen LogP contribution is -2.58. The monoisotopic (exact) mass is 469 g/mol. The number of ether oxygens (including phenoxy) is 1. The summed E-state index contributed by atoms with van der Waals surface area (Å²) in [5, 5.41) is 24.1. The van der Waals surface area contributed by atoms with Crippen molar-refractivity contribution in [2.45, 2.75) is 63.5 Å². The van der Waals surface area contributed by atoms with Crippen LogP contribution >= 0.6 is 0 Å². The van der Waals surface area contributed by atoms with Gasteiger partial charge in [-0.3, -0.25) is 0 Å². The maximum absolute atomic E-state index is 9.55. The van der Waals surface area contributed by atoms with E-state index in [1.165, 1.54) is 44.9 Å². The highest BCUT2D eigenvalue weighted by Crippen LogP contribution is 2.55. The van der Waals surface area contributed by atoms with E-state index in [9.17, 15) is 9.59 Å². The van der Waals surface area contributed by atoms with E-state index in [-0.39, 0.29) is 0 Å². The van der Waals surface area contributed by atoms with E-state index in [4.69, 9.17) is 14.9 Å². The van der Waals surface area contributed by atoms with Crippen LogP contribution in [-0.4, -0.2) is 50.5 Å². The first-order valence-corrected chi connectivity index (χ1v) is 12.3. The topological polar surface area (TPSA) is 113 Å². The van der Waals surface area contributed by atoms with E-state index >= 15 is 0 Å². The van der Waals surface area contributed by atoms with Gasteiger partial charge in [0.25, 0.3) is 0 Å². The number of aliphatic carboxylic acids is 2. The zero-order valence-corrected chi connectivity index (χ0v) is 19.6. The first-order chi connectivity index (χ1) is 16.4. The molecular formula is C26H35N3O5. The van der Waals surface area contributed by atoms with E-state index in [1.807, 2.05) is 22.8 Å². The van der Waals surface area contributed by atoms with Crippen LogP contribution in [0.2, 0.25) is 0 Å². The number of rotatable bonds is 10. The number of hydrogen-bond donors (Lipinski definition) is 3. The van der Waals surface area contributed by atoms with Crippen LogP contribution in [0.1, 0.15) is 57.1 Å². The molecule has 0 atom stereocenters. The molecule has 8 nitrogen and oxygen atoms in total. The van der Waals surface area contributed by atoms with Crippen LogP contribution in [0.15, 0.2) is 42.6 Å². The van der Waals surface area contributed by atoms with E-state index in [0.29, 0.717) is 24.3 Å². The molecule has 4 aliphatic rings. The van der Waals surface area contributed by atoms with Crippen molar-refractivity contribution in [1.82, 2.24) is 14.9 Å². The molecule has 6 rings (SSSR count). The lowest BCUT2D eigenvalue weighted by Gasteiger charge is -2.57. The Bertz CT molecular complexity index is 931. The fraction of sp³-hybridized carbons (Fsp3) is 0.577. The molecule has 3 N–H and O–H groups in total. The summed E-state index contributed by atoms with van der Waals surface area (Å²) in [5.41, 5.74) is 2.65. The molecule has 2 aromatic heterocycles. The molecule has 0 aliphatic heterocycles. The van der Waals surface area contributed by atoms with Gasteiger partial charge in [-0.25, -0.2) is 14.1 Å². The summed E-state index contributed by atoms with van der Waals surface area (Å²) >= 11 is 0. The number of fused-ring (bicyclic) bond motifs is 1. The average Bonchev–Trinajstić information content (AvgIpc) is 3.19. The van der Waals surface area contributed by atoms with Crippen LogP contribution in [0.25, 0.3) is 5.52 Å². The van der Waals surface area contributed by atoms with Gasteiger partial charge in [0.1, 0.15) is 0 Å². The highest BCUT2D eigenvalue weighted by atomic mass is 16.5. The van der Waals surface area contributed by atoms with Crippen LogP contribution in [0.5, 0.6) is 0 Å². The number of carboxylic acids is 2. The molecule has 2 aromatic rings. The van der Waals surface area contributed by atoms with Crippen LogP contribution < -0.4 is 5.32 Å². The third-order valence-corrected chi connectivity index (χ3v) is 7.29. The van der Waals surface area contributed by atoms with Gasteiger partial charge in [-0.2, -0.15) is 5.10 Å². The van der Waals surface area contributed by atoms with Crippen molar-refractivity contribution in [1.29, 1.82) is 0 Å². The summed E-state index contributed by atoms with van der Waals surface area (Å²) < 4.78 is 7.75. The first kappa shape index (κ1) is 24.4. The predicted molar refractivity (Wildman–Crippen MR) is 127 cm³/mol. The number of hydrogen-bond acceptors (Lipinski definition) is 5. The van der Waals surface area contributed by atoms with E-state index in [0.717, 1.165) is 48.5 Å². The van der Waals surface area contributed by atoms with Gasteiger partial charge in [0.05, 0.1) is 17.8 Å². The molecule has 0 spiro atoms. The van der Waals surface area contributed by atoms with Crippen LogP contribution in [-0.2, 0) is 20.9 Å². The zero-order chi connectivity index (χ0) is 24.0. The number of unbranched alkanes of at least 4 members (excludes halogenated alkanes) is 1. The van der Waals surface area contributed by atoms with Gasteiger partial charge in [-0.05, 0) is 93.9 Å². The second-order valence-electron chi connectivity index (χ2n) is 10.1. The van der Waals surface area contributed by atoms with Gasteiger partial charge in [-0.1, -0.05) is 6.07 Å². The van der Waals surface area contributed by atoms with Crippen molar-refractivity contribution in [3.63, 3.8) is 0 Å². The lowest BCUT2D eigenvalue weighted by molar-refractivity contribution is -0.134. The highest BCUT2D eigenvalue weighted by molar-refractivity contribution is 5.89. The highest BCUT2D eigenvalue weighted by Gasteiger charge is 2.50. The normalized spacial score (nSPS) is 27.1. The number of aromatic nitrogens is 2. The molecule has 0 radical (unpaired) electrons. The molecule has 4 bridgehead atoms. The molecule has 184 valence electrons. The molecule has 34 heavy (non-hydrogen) atoms. The van der Waals surface area contributed by atoms with Gasteiger partial charge in [0, 0.05) is 30.5 Å². The largest absolute Gasteiger partial charge is 0.478 e. The summed E-state index contributed by atoms with van der Waals surface area (Å²) in [6.07, 6.45) is 14.4. The quantitative estimate of drug-likeness (QED) is 0.357. The van der Waals surface area contributed by atoms with Crippen LogP contribution in [0.4, 0.5) is 0 Å². The molecular weight excluding hydrogens is 434 g/mol. The summed E-state index contributed by atoms with van der Waals surface area (Å²) in [6.45, 7) is 2.60. The van der Waals surface area contributed by atoms with Crippen molar-refractivity contribution in [3.8, 4) is 0 Å².